The van der Waals surface area contributed by atoms with Crippen LogP contribution in [0.25, 0.3) is 0 Å². The molecule has 16 heavy (non-hydrogen) atoms. The van der Waals surface area contributed by atoms with Crippen molar-refractivity contribution in [2.24, 2.45) is 0 Å². The standard InChI is InChI=1S/C11H16N4O/c1-11(2)7-15(10(16)14-11)6-8-3-4-13-9(12)5-8/h3-5H,6-7H2,1-2H3,(H2,12,13)(H,14,16). The fourth-order valence-corrected chi connectivity index (χ4v) is 1.90. The monoisotopic (exact) mass is 220 g/mol. The van der Waals surface area contributed by atoms with Gasteiger partial charge in [0.2, 0.25) is 0 Å². The van der Waals surface area contributed by atoms with E-state index in [0.717, 1.165) is 5.56 Å². The van der Waals surface area contributed by atoms with Crippen molar-refractivity contribution in [1.29, 1.82) is 0 Å². The molecule has 0 spiro atoms. The summed E-state index contributed by atoms with van der Waals surface area (Å²) >= 11 is 0. The predicted molar refractivity (Wildman–Crippen MR) is 61.7 cm³/mol. The van der Waals surface area contributed by atoms with Crippen molar-refractivity contribution < 1.29 is 4.79 Å². The predicted octanol–water partition coefficient (Wildman–Crippen LogP) is 0.968. The first-order valence-corrected chi connectivity index (χ1v) is 5.24. The van der Waals surface area contributed by atoms with Gasteiger partial charge in [0, 0.05) is 19.3 Å². The summed E-state index contributed by atoms with van der Waals surface area (Å²) in [6.45, 7) is 5.29. The Kier molecular flexibility index (Phi) is 2.46. The van der Waals surface area contributed by atoms with E-state index in [-0.39, 0.29) is 11.6 Å². The van der Waals surface area contributed by atoms with Crippen LogP contribution in [0.2, 0.25) is 0 Å². The molecule has 2 amide bonds. The molecule has 0 aliphatic carbocycles. The number of carbonyl (C=O) groups excluding carboxylic acids is 1. The summed E-state index contributed by atoms with van der Waals surface area (Å²) in [7, 11) is 0. The van der Waals surface area contributed by atoms with Gasteiger partial charge in [0.1, 0.15) is 5.82 Å². The van der Waals surface area contributed by atoms with Gasteiger partial charge in [-0.1, -0.05) is 0 Å². The third-order valence-corrected chi connectivity index (χ3v) is 2.54. The van der Waals surface area contributed by atoms with E-state index in [4.69, 9.17) is 5.73 Å². The highest BCUT2D eigenvalue weighted by atomic mass is 16.2. The fourth-order valence-electron chi connectivity index (χ4n) is 1.90. The Morgan fingerprint density at radius 1 is 1.62 bits per heavy atom. The molecule has 1 saturated heterocycles. The van der Waals surface area contributed by atoms with Gasteiger partial charge in [0.25, 0.3) is 0 Å². The van der Waals surface area contributed by atoms with Crippen molar-refractivity contribution in [3.8, 4) is 0 Å². The lowest BCUT2D eigenvalue weighted by Crippen LogP contribution is -2.36. The van der Waals surface area contributed by atoms with Gasteiger partial charge < -0.3 is 16.0 Å². The summed E-state index contributed by atoms with van der Waals surface area (Å²) in [4.78, 5) is 17.3. The van der Waals surface area contributed by atoms with Gasteiger partial charge in [0.05, 0.1) is 5.54 Å². The molecule has 2 rings (SSSR count). The van der Waals surface area contributed by atoms with Crippen molar-refractivity contribution in [1.82, 2.24) is 15.2 Å². The highest BCUT2D eigenvalue weighted by Gasteiger charge is 2.34. The van der Waals surface area contributed by atoms with E-state index in [1.165, 1.54) is 0 Å². The molecule has 3 N–H and O–H groups in total. The molecule has 1 aliphatic heterocycles. The van der Waals surface area contributed by atoms with Crippen LogP contribution in [-0.4, -0.2) is 28.0 Å². The van der Waals surface area contributed by atoms with Crippen LogP contribution in [0.4, 0.5) is 10.6 Å². The number of nitrogens with zero attached hydrogens (tertiary/aromatic N) is 2. The second-order valence-corrected chi connectivity index (χ2v) is 4.76. The number of hydrogen-bond donors (Lipinski definition) is 2. The Bertz CT molecular complexity index is 416. The maximum Gasteiger partial charge on any atom is 0.318 e. The molecule has 2 heterocycles. The van der Waals surface area contributed by atoms with Crippen LogP contribution in [-0.2, 0) is 6.54 Å². The van der Waals surface area contributed by atoms with Gasteiger partial charge >= 0.3 is 6.03 Å². The zero-order valence-corrected chi connectivity index (χ0v) is 9.53. The number of amides is 2. The van der Waals surface area contributed by atoms with Gasteiger partial charge in [0.15, 0.2) is 0 Å². The summed E-state index contributed by atoms with van der Waals surface area (Å²) in [5, 5.41) is 2.92. The number of nitrogen functional groups attached to an aromatic ring is 1. The lowest BCUT2D eigenvalue weighted by atomic mass is 10.1. The second kappa shape index (κ2) is 3.66. The number of nitrogens with one attached hydrogen (secondary N) is 1. The Morgan fingerprint density at radius 3 is 2.94 bits per heavy atom. The van der Waals surface area contributed by atoms with Crippen LogP contribution in [0.3, 0.4) is 0 Å². The molecule has 0 bridgehead atoms. The molecule has 1 aromatic rings. The number of anilines is 1. The van der Waals surface area contributed by atoms with Crippen LogP contribution in [0.1, 0.15) is 19.4 Å². The Hall–Kier alpha value is -1.78. The molecule has 0 radical (unpaired) electrons. The Morgan fingerprint density at radius 2 is 2.38 bits per heavy atom. The van der Waals surface area contributed by atoms with E-state index in [2.05, 4.69) is 10.3 Å². The zero-order chi connectivity index (χ0) is 11.8. The minimum atomic E-state index is -0.157. The molecule has 1 aromatic heterocycles. The summed E-state index contributed by atoms with van der Waals surface area (Å²) in [6.07, 6.45) is 1.66. The van der Waals surface area contributed by atoms with Gasteiger partial charge in [-0.3, -0.25) is 0 Å². The first-order valence-electron chi connectivity index (χ1n) is 5.24. The third kappa shape index (κ3) is 2.24. The summed E-state index contributed by atoms with van der Waals surface area (Å²) in [6, 6.07) is 3.63. The SMILES string of the molecule is CC1(C)CN(Cc2ccnc(N)c2)C(=O)N1. The lowest BCUT2D eigenvalue weighted by molar-refractivity contribution is 0.215. The second-order valence-electron chi connectivity index (χ2n) is 4.76. The molecule has 0 unspecified atom stereocenters. The van der Waals surface area contributed by atoms with Crippen LogP contribution in [0.5, 0.6) is 0 Å². The first-order chi connectivity index (χ1) is 7.46. The van der Waals surface area contributed by atoms with Crippen molar-refractivity contribution in [3.05, 3.63) is 23.9 Å². The van der Waals surface area contributed by atoms with E-state index >= 15 is 0 Å². The molecule has 1 fully saturated rings. The quantitative estimate of drug-likeness (QED) is 0.780. The summed E-state index contributed by atoms with van der Waals surface area (Å²) < 4.78 is 0. The lowest BCUT2D eigenvalue weighted by Gasteiger charge is -2.17. The molecule has 86 valence electrons. The number of carbonyl (C=O) groups is 1. The van der Waals surface area contributed by atoms with Crippen molar-refractivity contribution in [2.75, 3.05) is 12.3 Å². The highest BCUT2D eigenvalue weighted by Crippen LogP contribution is 2.17. The van der Waals surface area contributed by atoms with Crippen LogP contribution in [0.15, 0.2) is 18.3 Å². The first kappa shape index (κ1) is 10.7. The van der Waals surface area contributed by atoms with E-state index in [9.17, 15) is 4.79 Å². The van der Waals surface area contributed by atoms with Crippen LogP contribution >= 0.6 is 0 Å². The minimum Gasteiger partial charge on any atom is -0.384 e. The Labute approximate surface area is 94.6 Å². The van der Waals surface area contributed by atoms with E-state index in [1.807, 2.05) is 19.9 Å². The van der Waals surface area contributed by atoms with Crippen molar-refractivity contribution in [2.45, 2.75) is 25.9 Å². The van der Waals surface area contributed by atoms with E-state index < -0.39 is 0 Å². The summed E-state index contributed by atoms with van der Waals surface area (Å²) in [5.41, 5.74) is 6.43. The maximum absolute atomic E-state index is 11.6. The zero-order valence-electron chi connectivity index (χ0n) is 9.53. The maximum atomic E-state index is 11.6. The van der Waals surface area contributed by atoms with Crippen LogP contribution < -0.4 is 11.1 Å². The topological polar surface area (TPSA) is 71.2 Å². The molecular weight excluding hydrogens is 204 g/mol. The number of hydrogen-bond acceptors (Lipinski definition) is 3. The van der Waals surface area contributed by atoms with E-state index in [0.29, 0.717) is 18.9 Å². The third-order valence-electron chi connectivity index (χ3n) is 2.54. The van der Waals surface area contributed by atoms with Gasteiger partial charge in [-0.2, -0.15) is 0 Å². The molecule has 1 aliphatic rings. The van der Waals surface area contributed by atoms with Gasteiger partial charge in [-0.15, -0.1) is 0 Å². The molecule has 0 saturated carbocycles. The highest BCUT2D eigenvalue weighted by molar-refractivity contribution is 5.77. The molecular formula is C11H16N4O. The number of nitrogens with two attached hydrogens (primary N) is 1. The molecule has 5 heteroatoms. The number of aromatic nitrogens is 1. The van der Waals surface area contributed by atoms with Crippen molar-refractivity contribution >= 4 is 11.8 Å². The van der Waals surface area contributed by atoms with Gasteiger partial charge in [-0.25, -0.2) is 9.78 Å². The van der Waals surface area contributed by atoms with Crippen LogP contribution in [0, 0.1) is 0 Å². The normalized spacial score (nSPS) is 18.6. The molecule has 0 atom stereocenters. The summed E-state index contributed by atoms with van der Waals surface area (Å²) in [5.74, 6) is 0.483. The molecule has 5 nitrogen and oxygen atoms in total. The van der Waals surface area contributed by atoms with Gasteiger partial charge in [-0.05, 0) is 31.5 Å². The average molecular weight is 220 g/mol. The average Bonchev–Trinajstić information content (AvgIpc) is 2.39. The number of urea groups is 1. The van der Waals surface area contributed by atoms with Crippen molar-refractivity contribution in [3.63, 3.8) is 0 Å². The largest absolute Gasteiger partial charge is 0.384 e. The fraction of sp³-hybridized carbons (Fsp3) is 0.455. The smallest absolute Gasteiger partial charge is 0.318 e. The number of pyridine rings is 1. The minimum absolute atomic E-state index is 0.0274. The number of rotatable bonds is 2. The molecule has 0 aromatic carbocycles. The van der Waals surface area contributed by atoms with E-state index in [1.54, 1.807) is 17.2 Å². The Balaban J connectivity index is 2.09.